The van der Waals surface area contributed by atoms with Crippen LogP contribution >= 0.6 is 11.6 Å². The predicted octanol–water partition coefficient (Wildman–Crippen LogP) is 3.10. The normalized spacial score (nSPS) is 10.8. The van der Waals surface area contributed by atoms with Crippen LogP contribution in [0.3, 0.4) is 0 Å². The minimum Gasteiger partial charge on any atom is -0.486 e. The standard InChI is InChI=1S/C13H9ClFN3O/c14-9-5-6-18-13(7-9)16-12(17-18)8-19-11-3-1-10(15)2-4-11/h1-7H,8H2. The third-order valence-corrected chi connectivity index (χ3v) is 2.76. The van der Waals surface area contributed by atoms with Crippen molar-refractivity contribution in [2.75, 3.05) is 0 Å². The largest absolute Gasteiger partial charge is 0.486 e. The maximum Gasteiger partial charge on any atom is 0.189 e. The number of hydrogen-bond donors (Lipinski definition) is 0. The maximum atomic E-state index is 12.7. The molecule has 19 heavy (non-hydrogen) atoms. The van der Waals surface area contributed by atoms with E-state index in [9.17, 15) is 4.39 Å². The van der Waals surface area contributed by atoms with E-state index in [1.54, 1.807) is 35.0 Å². The first-order valence-electron chi connectivity index (χ1n) is 5.60. The van der Waals surface area contributed by atoms with Gasteiger partial charge >= 0.3 is 0 Å². The van der Waals surface area contributed by atoms with E-state index in [4.69, 9.17) is 16.3 Å². The Balaban J connectivity index is 1.76. The van der Waals surface area contributed by atoms with E-state index in [1.807, 2.05) is 0 Å². The number of nitrogens with zero attached hydrogens (tertiary/aromatic N) is 3. The summed E-state index contributed by atoms with van der Waals surface area (Å²) in [5.74, 6) is 0.803. The van der Waals surface area contributed by atoms with Crippen molar-refractivity contribution in [1.29, 1.82) is 0 Å². The number of benzene rings is 1. The lowest BCUT2D eigenvalue weighted by molar-refractivity contribution is 0.295. The minimum atomic E-state index is -0.298. The highest BCUT2D eigenvalue weighted by Gasteiger charge is 2.05. The Labute approximate surface area is 113 Å². The van der Waals surface area contributed by atoms with Crippen molar-refractivity contribution in [3.8, 4) is 5.75 Å². The predicted molar refractivity (Wildman–Crippen MR) is 68.7 cm³/mol. The van der Waals surface area contributed by atoms with Crippen molar-refractivity contribution in [2.45, 2.75) is 6.61 Å². The third-order valence-electron chi connectivity index (χ3n) is 2.53. The topological polar surface area (TPSA) is 39.4 Å². The van der Waals surface area contributed by atoms with E-state index in [-0.39, 0.29) is 12.4 Å². The van der Waals surface area contributed by atoms with Crippen molar-refractivity contribution < 1.29 is 9.13 Å². The molecule has 0 bridgehead atoms. The van der Waals surface area contributed by atoms with Crippen molar-refractivity contribution >= 4 is 17.2 Å². The van der Waals surface area contributed by atoms with Crippen molar-refractivity contribution in [3.63, 3.8) is 0 Å². The molecule has 6 heteroatoms. The molecule has 0 amide bonds. The number of ether oxygens (including phenoxy) is 1. The Kier molecular flexibility index (Phi) is 3.05. The second-order valence-corrected chi connectivity index (χ2v) is 4.35. The molecule has 0 saturated carbocycles. The second-order valence-electron chi connectivity index (χ2n) is 3.92. The first kappa shape index (κ1) is 11.9. The highest BCUT2D eigenvalue weighted by atomic mass is 35.5. The fourth-order valence-electron chi connectivity index (χ4n) is 1.64. The van der Waals surface area contributed by atoms with E-state index in [0.717, 1.165) is 0 Å². The summed E-state index contributed by atoms with van der Waals surface area (Å²) in [4.78, 5) is 4.27. The zero-order chi connectivity index (χ0) is 13.2. The molecule has 0 spiro atoms. The molecule has 2 heterocycles. The fourth-order valence-corrected chi connectivity index (χ4v) is 1.80. The summed E-state index contributed by atoms with van der Waals surface area (Å²) >= 11 is 5.87. The first-order chi connectivity index (χ1) is 9.20. The van der Waals surface area contributed by atoms with Gasteiger partial charge in [-0.2, -0.15) is 0 Å². The van der Waals surface area contributed by atoms with E-state index in [2.05, 4.69) is 10.1 Å². The number of rotatable bonds is 3. The lowest BCUT2D eigenvalue weighted by atomic mass is 10.3. The molecule has 0 unspecified atom stereocenters. The van der Waals surface area contributed by atoms with Crippen LogP contribution in [0.5, 0.6) is 5.75 Å². The number of halogens is 2. The van der Waals surface area contributed by atoms with Gasteiger partial charge in [-0.25, -0.2) is 13.9 Å². The maximum absolute atomic E-state index is 12.7. The van der Waals surface area contributed by atoms with Crippen LogP contribution < -0.4 is 4.74 Å². The average Bonchev–Trinajstić information content (AvgIpc) is 2.80. The van der Waals surface area contributed by atoms with Crippen LogP contribution in [0.1, 0.15) is 5.82 Å². The van der Waals surface area contributed by atoms with E-state index >= 15 is 0 Å². The molecule has 0 N–H and O–H groups in total. The molecule has 0 fully saturated rings. The van der Waals surface area contributed by atoms with Gasteiger partial charge in [-0.1, -0.05) is 11.6 Å². The number of hydrogen-bond acceptors (Lipinski definition) is 3. The lowest BCUT2D eigenvalue weighted by Gasteiger charge is -2.02. The van der Waals surface area contributed by atoms with Crippen LogP contribution in [0.15, 0.2) is 42.6 Å². The van der Waals surface area contributed by atoms with Gasteiger partial charge in [-0.15, -0.1) is 5.10 Å². The summed E-state index contributed by atoms with van der Waals surface area (Å²) in [6.45, 7) is 0.213. The second kappa shape index (κ2) is 4.85. The van der Waals surface area contributed by atoms with Crippen molar-refractivity contribution in [3.05, 3.63) is 59.3 Å². The summed E-state index contributed by atoms with van der Waals surface area (Å²) in [5, 5.41) is 4.84. The van der Waals surface area contributed by atoms with Crippen molar-refractivity contribution in [2.24, 2.45) is 0 Å². The Hall–Kier alpha value is -2.14. The SMILES string of the molecule is Fc1ccc(OCc2nc3cc(Cl)ccn3n2)cc1. The summed E-state index contributed by atoms with van der Waals surface area (Å²) < 4.78 is 19.8. The molecule has 3 aromatic rings. The first-order valence-corrected chi connectivity index (χ1v) is 5.98. The highest BCUT2D eigenvalue weighted by Crippen LogP contribution is 2.14. The Morgan fingerprint density at radius 3 is 2.79 bits per heavy atom. The van der Waals surface area contributed by atoms with Gasteiger partial charge in [-0.05, 0) is 30.3 Å². The van der Waals surface area contributed by atoms with Gasteiger partial charge in [0, 0.05) is 17.3 Å². The molecular formula is C13H9ClFN3O. The summed E-state index contributed by atoms with van der Waals surface area (Å²) in [5.41, 5.74) is 0.658. The molecule has 0 radical (unpaired) electrons. The molecule has 0 atom stereocenters. The summed E-state index contributed by atoms with van der Waals surface area (Å²) in [7, 11) is 0. The Bertz CT molecular complexity index is 711. The molecule has 4 nitrogen and oxygen atoms in total. The van der Waals surface area contributed by atoms with E-state index < -0.39 is 0 Å². The molecule has 0 aliphatic rings. The molecule has 1 aromatic carbocycles. The van der Waals surface area contributed by atoms with Gasteiger partial charge < -0.3 is 4.74 Å². The molecule has 3 rings (SSSR count). The summed E-state index contributed by atoms with van der Waals surface area (Å²) in [6, 6.07) is 9.24. The molecule has 96 valence electrons. The zero-order valence-corrected chi connectivity index (χ0v) is 10.5. The van der Waals surface area contributed by atoms with Gasteiger partial charge in [0.1, 0.15) is 18.2 Å². The van der Waals surface area contributed by atoms with Gasteiger partial charge in [0.15, 0.2) is 11.5 Å². The zero-order valence-electron chi connectivity index (χ0n) is 9.75. The molecule has 0 saturated heterocycles. The third kappa shape index (κ3) is 2.66. The van der Waals surface area contributed by atoms with Crippen LogP contribution in [-0.2, 0) is 6.61 Å². The van der Waals surface area contributed by atoms with Crippen LogP contribution in [0.4, 0.5) is 4.39 Å². The van der Waals surface area contributed by atoms with Gasteiger partial charge in [-0.3, -0.25) is 0 Å². The fraction of sp³-hybridized carbons (Fsp3) is 0.0769. The number of pyridine rings is 1. The number of fused-ring (bicyclic) bond motifs is 1. The van der Waals surface area contributed by atoms with Crippen LogP contribution in [0.2, 0.25) is 5.02 Å². The van der Waals surface area contributed by atoms with Crippen molar-refractivity contribution in [1.82, 2.24) is 14.6 Å². The van der Waals surface area contributed by atoms with Gasteiger partial charge in [0.05, 0.1) is 0 Å². The quantitative estimate of drug-likeness (QED) is 0.738. The monoisotopic (exact) mass is 277 g/mol. The lowest BCUT2D eigenvalue weighted by Crippen LogP contribution is -1.98. The van der Waals surface area contributed by atoms with E-state index in [0.29, 0.717) is 22.2 Å². The highest BCUT2D eigenvalue weighted by molar-refractivity contribution is 6.30. The Morgan fingerprint density at radius 1 is 1.21 bits per heavy atom. The molecule has 0 aliphatic carbocycles. The van der Waals surface area contributed by atoms with Gasteiger partial charge in [0.25, 0.3) is 0 Å². The van der Waals surface area contributed by atoms with E-state index in [1.165, 1.54) is 12.1 Å². The van der Waals surface area contributed by atoms with Crippen LogP contribution in [0, 0.1) is 5.82 Å². The minimum absolute atomic E-state index is 0.213. The van der Waals surface area contributed by atoms with Crippen LogP contribution in [0.25, 0.3) is 5.65 Å². The Morgan fingerprint density at radius 2 is 2.00 bits per heavy atom. The van der Waals surface area contributed by atoms with Gasteiger partial charge in [0.2, 0.25) is 0 Å². The number of aromatic nitrogens is 3. The average molecular weight is 278 g/mol. The summed E-state index contributed by atoms with van der Waals surface area (Å²) in [6.07, 6.45) is 1.73. The smallest absolute Gasteiger partial charge is 0.189 e. The molecular weight excluding hydrogens is 269 g/mol. The molecule has 0 aliphatic heterocycles. The van der Waals surface area contributed by atoms with Crippen LogP contribution in [-0.4, -0.2) is 14.6 Å². The molecule has 2 aromatic heterocycles.